The lowest BCUT2D eigenvalue weighted by Gasteiger charge is -2.22. The molecule has 0 aliphatic carbocycles. The Labute approximate surface area is 132 Å². The van der Waals surface area contributed by atoms with Crippen LogP contribution >= 0.6 is 11.8 Å². The molecule has 22 heavy (non-hydrogen) atoms. The van der Waals surface area contributed by atoms with Crippen LogP contribution in [-0.2, 0) is 22.4 Å². The van der Waals surface area contributed by atoms with Gasteiger partial charge in [-0.25, -0.2) is 9.89 Å². The van der Waals surface area contributed by atoms with E-state index in [-0.39, 0.29) is 11.8 Å². The van der Waals surface area contributed by atoms with Crippen molar-refractivity contribution in [3.05, 3.63) is 46.4 Å². The van der Waals surface area contributed by atoms with Crippen molar-refractivity contribution in [1.82, 2.24) is 14.8 Å². The van der Waals surface area contributed by atoms with Crippen molar-refractivity contribution >= 4 is 11.8 Å². The van der Waals surface area contributed by atoms with Gasteiger partial charge in [0, 0.05) is 12.3 Å². The molecule has 0 radical (unpaired) electrons. The summed E-state index contributed by atoms with van der Waals surface area (Å²) in [7, 11) is 0. The standard InChI is InChI=1S/C15H19N3O3S/c19-14-16-17-15(22-10-13-7-9-20-11-21-13)18(14)8-6-12-4-2-1-3-5-12/h1-5,13H,6-11H2,(H,16,19)/t13-/m0/s1. The van der Waals surface area contributed by atoms with Crippen LogP contribution in [0, 0.1) is 0 Å². The predicted octanol–water partition coefficient (Wildman–Crippen LogP) is 1.67. The van der Waals surface area contributed by atoms with Crippen LogP contribution in [0.2, 0.25) is 0 Å². The molecule has 0 amide bonds. The summed E-state index contributed by atoms with van der Waals surface area (Å²) >= 11 is 1.55. The van der Waals surface area contributed by atoms with E-state index in [0.29, 0.717) is 13.3 Å². The summed E-state index contributed by atoms with van der Waals surface area (Å²) in [6.45, 7) is 1.70. The fraction of sp³-hybridized carbons (Fsp3) is 0.467. The summed E-state index contributed by atoms with van der Waals surface area (Å²) < 4.78 is 12.4. The molecule has 2 heterocycles. The number of rotatable bonds is 6. The van der Waals surface area contributed by atoms with Crippen LogP contribution in [0.3, 0.4) is 0 Å². The third kappa shape index (κ3) is 4.00. The third-order valence-electron chi connectivity index (χ3n) is 3.56. The average Bonchev–Trinajstić information content (AvgIpc) is 2.93. The molecule has 0 bridgehead atoms. The van der Waals surface area contributed by atoms with Gasteiger partial charge < -0.3 is 9.47 Å². The van der Waals surface area contributed by atoms with E-state index in [1.807, 2.05) is 18.2 Å². The highest BCUT2D eigenvalue weighted by atomic mass is 32.2. The Kier molecular flexibility index (Phi) is 5.31. The van der Waals surface area contributed by atoms with Crippen molar-refractivity contribution in [2.45, 2.75) is 30.6 Å². The molecule has 1 aromatic carbocycles. The predicted molar refractivity (Wildman–Crippen MR) is 84.0 cm³/mol. The highest BCUT2D eigenvalue weighted by molar-refractivity contribution is 7.99. The lowest BCUT2D eigenvalue weighted by atomic mass is 10.1. The first kappa shape index (κ1) is 15.3. The summed E-state index contributed by atoms with van der Waals surface area (Å²) in [6, 6.07) is 10.1. The van der Waals surface area contributed by atoms with Crippen LogP contribution in [-0.4, -0.2) is 40.0 Å². The van der Waals surface area contributed by atoms with Crippen molar-refractivity contribution in [2.75, 3.05) is 19.2 Å². The van der Waals surface area contributed by atoms with Gasteiger partial charge in [0.05, 0.1) is 12.7 Å². The van der Waals surface area contributed by atoms with Crippen LogP contribution in [0.1, 0.15) is 12.0 Å². The van der Waals surface area contributed by atoms with Crippen molar-refractivity contribution in [1.29, 1.82) is 0 Å². The van der Waals surface area contributed by atoms with Gasteiger partial charge in [-0.15, -0.1) is 5.10 Å². The van der Waals surface area contributed by atoms with E-state index in [0.717, 1.165) is 30.4 Å². The SMILES string of the molecule is O=c1[nH]nc(SC[C@@H]2CCOCO2)n1CCc1ccccc1. The minimum absolute atomic E-state index is 0.160. The Morgan fingerprint density at radius 2 is 2.23 bits per heavy atom. The Balaban J connectivity index is 1.59. The maximum Gasteiger partial charge on any atom is 0.343 e. The molecule has 1 N–H and O–H groups in total. The van der Waals surface area contributed by atoms with Gasteiger partial charge in [-0.2, -0.15) is 0 Å². The van der Waals surface area contributed by atoms with Gasteiger partial charge in [0.15, 0.2) is 5.16 Å². The molecule has 0 saturated carbocycles. The van der Waals surface area contributed by atoms with Gasteiger partial charge in [-0.3, -0.25) is 4.57 Å². The number of aromatic amines is 1. The largest absolute Gasteiger partial charge is 0.355 e. The Morgan fingerprint density at radius 3 is 3.00 bits per heavy atom. The van der Waals surface area contributed by atoms with E-state index in [1.54, 1.807) is 16.3 Å². The van der Waals surface area contributed by atoms with Crippen LogP contribution in [0.25, 0.3) is 0 Å². The Bertz CT molecular complexity index is 635. The minimum Gasteiger partial charge on any atom is -0.355 e. The van der Waals surface area contributed by atoms with Gasteiger partial charge in [0.25, 0.3) is 0 Å². The second kappa shape index (κ2) is 7.62. The molecular weight excluding hydrogens is 302 g/mol. The summed E-state index contributed by atoms with van der Waals surface area (Å²) in [4.78, 5) is 11.9. The number of thioether (sulfide) groups is 1. The topological polar surface area (TPSA) is 69.1 Å². The zero-order chi connectivity index (χ0) is 15.2. The summed E-state index contributed by atoms with van der Waals surface area (Å²) in [6.07, 6.45) is 1.85. The smallest absolute Gasteiger partial charge is 0.343 e. The van der Waals surface area contributed by atoms with Gasteiger partial charge in [-0.05, 0) is 18.4 Å². The zero-order valence-electron chi connectivity index (χ0n) is 12.2. The number of aromatic nitrogens is 3. The van der Waals surface area contributed by atoms with Crippen molar-refractivity contribution in [3.8, 4) is 0 Å². The van der Waals surface area contributed by atoms with E-state index >= 15 is 0 Å². The first-order valence-electron chi connectivity index (χ1n) is 7.34. The van der Waals surface area contributed by atoms with E-state index in [4.69, 9.17) is 9.47 Å². The monoisotopic (exact) mass is 321 g/mol. The fourth-order valence-corrected chi connectivity index (χ4v) is 3.33. The highest BCUT2D eigenvalue weighted by Gasteiger charge is 2.17. The fourth-order valence-electron chi connectivity index (χ4n) is 2.30. The van der Waals surface area contributed by atoms with Gasteiger partial charge >= 0.3 is 5.69 Å². The summed E-state index contributed by atoms with van der Waals surface area (Å²) in [5, 5.41) is 7.36. The molecule has 1 fully saturated rings. The lowest BCUT2D eigenvalue weighted by molar-refractivity contribution is -0.130. The van der Waals surface area contributed by atoms with Crippen molar-refractivity contribution < 1.29 is 9.47 Å². The van der Waals surface area contributed by atoms with E-state index in [2.05, 4.69) is 22.3 Å². The maximum absolute atomic E-state index is 11.9. The minimum atomic E-state index is -0.161. The average molecular weight is 321 g/mol. The normalized spacial score (nSPS) is 18.5. The molecule has 3 rings (SSSR count). The van der Waals surface area contributed by atoms with Crippen LogP contribution in [0.4, 0.5) is 0 Å². The molecule has 1 saturated heterocycles. The highest BCUT2D eigenvalue weighted by Crippen LogP contribution is 2.19. The summed E-state index contributed by atoms with van der Waals surface area (Å²) in [5.74, 6) is 0.777. The van der Waals surface area contributed by atoms with Crippen LogP contribution in [0.15, 0.2) is 40.3 Å². The molecule has 0 spiro atoms. The van der Waals surface area contributed by atoms with E-state index in [1.165, 1.54) is 5.56 Å². The summed E-state index contributed by atoms with van der Waals surface area (Å²) in [5.41, 5.74) is 1.05. The third-order valence-corrected chi connectivity index (χ3v) is 4.67. The maximum atomic E-state index is 11.9. The zero-order valence-corrected chi connectivity index (χ0v) is 13.1. The Morgan fingerprint density at radius 1 is 1.36 bits per heavy atom. The first-order chi connectivity index (χ1) is 10.8. The quantitative estimate of drug-likeness (QED) is 0.820. The molecule has 0 unspecified atom stereocenters. The molecule has 118 valence electrons. The van der Waals surface area contributed by atoms with Crippen LogP contribution < -0.4 is 5.69 Å². The molecule has 7 heteroatoms. The second-order valence-corrected chi connectivity index (χ2v) is 6.10. The number of hydrogen-bond donors (Lipinski definition) is 1. The van der Waals surface area contributed by atoms with Gasteiger partial charge in [-0.1, -0.05) is 42.1 Å². The van der Waals surface area contributed by atoms with Gasteiger partial charge in [0.1, 0.15) is 6.79 Å². The van der Waals surface area contributed by atoms with E-state index < -0.39 is 0 Å². The molecule has 1 atom stereocenters. The molecule has 6 nitrogen and oxygen atoms in total. The van der Waals surface area contributed by atoms with Crippen molar-refractivity contribution in [3.63, 3.8) is 0 Å². The van der Waals surface area contributed by atoms with Crippen LogP contribution in [0.5, 0.6) is 0 Å². The molecule has 1 aliphatic rings. The Hall–Kier alpha value is -1.57. The lowest BCUT2D eigenvalue weighted by Crippen LogP contribution is -2.26. The first-order valence-corrected chi connectivity index (χ1v) is 8.33. The van der Waals surface area contributed by atoms with Gasteiger partial charge in [0.2, 0.25) is 0 Å². The second-order valence-electron chi connectivity index (χ2n) is 5.11. The molecule has 1 aromatic heterocycles. The molecule has 2 aromatic rings. The number of benzene rings is 1. The number of ether oxygens (including phenoxy) is 2. The number of hydrogen-bond acceptors (Lipinski definition) is 5. The molecule has 1 aliphatic heterocycles. The number of aryl methyl sites for hydroxylation is 1. The number of nitrogens with one attached hydrogen (secondary N) is 1. The number of H-pyrrole nitrogens is 1. The van der Waals surface area contributed by atoms with E-state index in [9.17, 15) is 4.79 Å². The molecular formula is C15H19N3O3S. The van der Waals surface area contributed by atoms with Crippen molar-refractivity contribution in [2.24, 2.45) is 0 Å². The number of nitrogens with zero attached hydrogens (tertiary/aromatic N) is 2.